The van der Waals surface area contributed by atoms with Crippen LogP contribution in [0.25, 0.3) is 6.08 Å². The van der Waals surface area contributed by atoms with Crippen molar-refractivity contribution >= 4 is 45.4 Å². The normalized spacial score (nSPS) is 36.2. The first-order valence-electron chi connectivity index (χ1n) is 19.2. The van der Waals surface area contributed by atoms with Gasteiger partial charge in [-0.2, -0.15) is 0 Å². The Morgan fingerprint density at radius 3 is 2.80 bits per heavy atom. The summed E-state index contributed by atoms with van der Waals surface area (Å²) in [4.78, 5) is 33.3. The smallest absolute Gasteiger partial charge is 0.340 e. The number of aliphatic hydroxyl groups is 1. The van der Waals surface area contributed by atoms with Crippen LogP contribution in [0.5, 0.6) is 0 Å². The highest BCUT2D eigenvalue weighted by molar-refractivity contribution is 8.77. The minimum Gasteiger partial charge on any atom is -0.427 e. The summed E-state index contributed by atoms with van der Waals surface area (Å²) in [5.41, 5.74) is 5.54. The molecule has 3 N–H and O–H groups in total. The van der Waals surface area contributed by atoms with Crippen LogP contribution in [0.2, 0.25) is 0 Å². The molecular formula is C41H49N3O5S2. The van der Waals surface area contributed by atoms with E-state index in [9.17, 15) is 14.7 Å². The van der Waals surface area contributed by atoms with E-state index in [-0.39, 0.29) is 51.8 Å². The second kappa shape index (κ2) is 13.0. The van der Waals surface area contributed by atoms with Crippen molar-refractivity contribution in [2.24, 2.45) is 34.5 Å². The number of ether oxygens (including phenoxy) is 2. The summed E-state index contributed by atoms with van der Waals surface area (Å²) >= 11 is 0. The molecule has 2 saturated carbocycles. The third-order valence-corrected chi connectivity index (χ3v) is 16.5. The fourth-order valence-electron chi connectivity index (χ4n) is 10.9. The molecule has 270 valence electrons. The monoisotopic (exact) mass is 727 g/mol. The number of rotatable bonds is 5. The van der Waals surface area contributed by atoms with Gasteiger partial charge in [-0.05, 0) is 112 Å². The number of esters is 2. The van der Waals surface area contributed by atoms with Crippen molar-refractivity contribution in [3.8, 4) is 0 Å². The third-order valence-electron chi connectivity index (χ3n) is 13.5. The Bertz CT molecular complexity index is 1820. The van der Waals surface area contributed by atoms with E-state index in [4.69, 9.17) is 14.5 Å². The summed E-state index contributed by atoms with van der Waals surface area (Å²) in [6.07, 6.45) is 21.0. The highest BCUT2D eigenvalue weighted by Crippen LogP contribution is 2.71. The van der Waals surface area contributed by atoms with Crippen LogP contribution < -0.4 is 10.6 Å². The maximum atomic E-state index is 14.4. The van der Waals surface area contributed by atoms with Gasteiger partial charge in [-0.1, -0.05) is 66.0 Å². The lowest BCUT2D eigenvalue weighted by Crippen LogP contribution is -2.52. The lowest BCUT2D eigenvalue weighted by atomic mass is 9.44. The highest BCUT2D eigenvalue weighted by atomic mass is 33.1. The van der Waals surface area contributed by atoms with Crippen molar-refractivity contribution in [3.05, 3.63) is 75.4 Å². The van der Waals surface area contributed by atoms with Crippen LogP contribution in [0.4, 0.5) is 5.82 Å². The summed E-state index contributed by atoms with van der Waals surface area (Å²) in [5.74, 6) is 2.38. The number of allylic oxidation sites excluding steroid dienone is 5. The first-order valence-corrected chi connectivity index (χ1v) is 21.5. The molecule has 3 fully saturated rings. The largest absolute Gasteiger partial charge is 0.427 e. The second-order valence-electron chi connectivity index (χ2n) is 16.3. The predicted molar refractivity (Wildman–Crippen MR) is 202 cm³/mol. The maximum Gasteiger partial charge on any atom is 0.340 e. The minimum atomic E-state index is -0.690. The van der Waals surface area contributed by atoms with E-state index in [1.165, 1.54) is 18.4 Å². The first-order chi connectivity index (χ1) is 24.7. The van der Waals surface area contributed by atoms with Crippen LogP contribution in [0, 0.1) is 34.5 Å². The van der Waals surface area contributed by atoms with Crippen LogP contribution in [-0.2, 0) is 25.5 Å². The maximum absolute atomic E-state index is 14.4. The highest BCUT2D eigenvalue weighted by Gasteiger charge is 2.68. The predicted octanol–water partition coefficient (Wildman–Crippen LogP) is 7.99. The third kappa shape index (κ3) is 5.44. The zero-order valence-electron chi connectivity index (χ0n) is 29.8. The molecular weight excluding hydrogens is 679 g/mol. The molecule has 8 atom stereocenters. The summed E-state index contributed by atoms with van der Waals surface area (Å²) < 4.78 is 12.7. The number of nitrogens with zero attached hydrogens (tertiary/aromatic N) is 1. The summed E-state index contributed by atoms with van der Waals surface area (Å²) in [7, 11) is 3.52. The molecule has 0 radical (unpaired) electrons. The summed E-state index contributed by atoms with van der Waals surface area (Å²) in [6, 6.07) is 2.10. The Hall–Kier alpha value is -2.79. The fraction of sp³-hybridized carbons (Fsp3) is 0.585. The molecule has 10 aliphatic rings. The SMILES string of the molecule is CCC1(C=C2OC(=O)C3=C2CCC2C4CCC5(C6=CCC(C)C(NCC(C)O)SSC7C=Cc8c(ccnc8N7)CC4=C5C(=O)O6)C32)CCCC1. The van der Waals surface area contributed by atoms with Crippen molar-refractivity contribution < 1.29 is 24.2 Å². The quantitative estimate of drug-likeness (QED) is 0.204. The van der Waals surface area contributed by atoms with Crippen molar-refractivity contribution in [1.29, 1.82) is 0 Å². The zero-order chi connectivity index (χ0) is 35.1. The number of carbonyl (C=O) groups is 2. The number of hydrogen-bond donors (Lipinski definition) is 3. The van der Waals surface area contributed by atoms with E-state index in [1.807, 2.05) is 6.20 Å². The Balaban J connectivity index is 1.20. The fourth-order valence-corrected chi connectivity index (χ4v) is 13.8. The van der Waals surface area contributed by atoms with Gasteiger partial charge in [-0.25, -0.2) is 14.6 Å². The van der Waals surface area contributed by atoms with Gasteiger partial charge in [0.1, 0.15) is 22.7 Å². The molecule has 51 heavy (non-hydrogen) atoms. The lowest BCUT2D eigenvalue weighted by Gasteiger charge is -2.56. The van der Waals surface area contributed by atoms with E-state index in [1.54, 1.807) is 28.5 Å². The van der Waals surface area contributed by atoms with Gasteiger partial charge in [0.2, 0.25) is 0 Å². The number of cyclic esters (lactones) is 1. The van der Waals surface area contributed by atoms with E-state index < -0.39 is 11.5 Å². The Morgan fingerprint density at radius 2 is 2.00 bits per heavy atom. The molecule has 1 aromatic heterocycles. The van der Waals surface area contributed by atoms with Crippen molar-refractivity contribution in [3.63, 3.8) is 0 Å². The van der Waals surface area contributed by atoms with Gasteiger partial charge in [-0.3, -0.25) is 0 Å². The van der Waals surface area contributed by atoms with Crippen LogP contribution >= 0.6 is 21.6 Å². The van der Waals surface area contributed by atoms with Crippen molar-refractivity contribution in [2.75, 3.05) is 11.9 Å². The van der Waals surface area contributed by atoms with Crippen LogP contribution in [0.1, 0.15) is 96.1 Å². The summed E-state index contributed by atoms with van der Waals surface area (Å²) in [5, 5.41) is 17.5. The van der Waals surface area contributed by atoms with Gasteiger partial charge in [0.25, 0.3) is 0 Å². The lowest BCUT2D eigenvalue weighted by molar-refractivity contribution is -0.135. The first kappa shape index (κ1) is 34.0. The van der Waals surface area contributed by atoms with E-state index >= 15 is 0 Å². The number of nitrogens with one attached hydrogen (secondary N) is 2. The molecule has 1 saturated heterocycles. The molecule has 8 nitrogen and oxygen atoms in total. The number of pyridine rings is 1. The molecule has 6 heterocycles. The average Bonchev–Trinajstić information content (AvgIpc) is 3.81. The number of aromatic nitrogens is 1. The number of aliphatic hydroxyl groups excluding tert-OH is 1. The molecule has 1 spiro atoms. The van der Waals surface area contributed by atoms with Gasteiger partial charge in [0.15, 0.2) is 0 Å². The molecule has 10 heteroatoms. The molecule has 0 amide bonds. The van der Waals surface area contributed by atoms with Crippen molar-refractivity contribution in [2.45, 2.75) is 108 Å². The number of anilines is 1. The molecule has 0 aromatic carbocycles. The molecule has 8 unspecified atom stereocenters. The van der Waals surface area contributed by atoms with Gasteiger partial charge in [0.05, 0.1) is 22.5 Å². The Morgan fingerprint density at radius 1 is 1.16 bits per heavy atom. The second-order valence-corrected chi connectivity index (χ2v) is 18.8. The van der Waals surface area contributed by atoms with Gasteiger partial charge in [0, 0.05) is 35.4 Å². The number of fused-ring (bicyclic) bond motifs is 6. The summed E-state index contributed by atoms with van der Waals surface area (Å²) in [6.45, 7) is 6.76. The van der Waals surface area contributed by atoms with Crippen LogP contribution in [-0.4, -0.2) is 45.4 Å². The van der Waals surface area contributed by atoms with Gasteiger partial charge >= 0.3 is 11.9 Å². The van der Waals surface area contributed by atoms with E-state index in [0.717, 1.165) is 90.1 Å². The number of hydrogen-bond acceptors (Lipinski definition) is 10. The minimum absolute atomic E-state index is 0.0308. The Labute approximate surface area is 308 Å². The average molecular weight is 728 g/mol. The molecule has 9 bridgehead atoms. The molecule has 5 aliphatic carbocycles. The van der Waals surface area contributed by atoms with Crippen LogP contribution in [0.3, 0.4) is 0 Å². The van der Waals surface area contributed by atoms with Gasteiger partial charge < -0.3 is 25.2 Å². The Kier molecular flexibility index (Phi) is 8.64. The molecule has 5 aliphatic heterocycles. The van der Waals surface area contributed by atoms with Gasteiger partial charge in [-0.15, -0.1) is 0 Å². The topological polar surface area (TPSA) is 110 Å². The van der Waals surface area contributed by atoms with Crippen LogP contribution in [0.15, 0.2) is 64.3 Å². The standard InChI is InChI=1S/C41H49N3O5S2/c1-4-40(15-5-6-16-40)20-30-28-9-8-27-26-13-17-41(34(27)33(28)38(46)48-30)31-11-7-22(2)37(43-21-23(3)45)51-50-32-12-10-25-24(14-18-42-36(25)44-32)19-29(26)35(41)39(47)49-31/h10-12,14,18,20,22-23,26-27,32,34,37,43,45H,4-9,13,15-17,19,21H2,1-3H3,(H,42,44). The molecule has 1 aromatic rings. The number of carbonyl (C=O) groups excluding carboxylic acids is 2. The van der Waals surface area contributed by atoms with E-state index in [0.29, 0.717) is 19.4 Å². The zero-order valence-corrected chi connectivity index (χ0v) is 31.5. The van der Waals surface area contributed by atoms with E-state index in [2.05, 4.69) is 54.9 Å². The molecule has 11 rings (SSSR count). The van der Waals surface area contributed by atoms with Crippen molar-refractivity contribution in [1.82, 2.24) is 10.3 Å².